The molecule has 0 amide bonds. The highest BCUT2D eigenvalue weighted by Gasteiger charge is 2.51. The molecule has 0 saturated carbocycles. The van der Waals surface area contributed by atoms with E-state index in [4.69, 9.17) is 4.74 Å². The van der Waals surface area contributed by atoms with Crippen molar-refractivity contribution in [1.82, 2.24) is 4.31 Å². The van der Waals surface area contributed by atoms with E-state index < -0.39 is 27.6 Å². The number of methoxy groups -OCH3 is 1. The van der Waals surface area contributed by atoms with Crippen LogP contribution in [0.3, 0.4) is 0 Å². The lowest BCUT2D eigenvalue weighted by atomic mass is 10.0. The van der Waals surface area contributed by atoms with Gasteiger partial charge in [0.05, 0.1) is 17.6 Å². The van der Waals surface area contributed by atoms with Crippen LogP contribution in [0.25, 0.3) is 0 Å². The van der Waals surface area contributed by atoms with Gasteiger partial charge in [-0.15, -0.1) is 0 Å². The minimum Gasteiger partial charge on any atom is -0.468 e. The second-order valence-electron chi connectivity index (χ2n) is 5.46. The highest BCUT2D eigenvalue weighted by molar-refractivity contribution is 14.1. The zero-order valence-corrected chi connectivity index (χ0v) is 15.3. The number of nitrogens with zero attached hydrogens (tertiary/aromatic N) is 1. The summed E-state index contributed by atoms with van der Waals surface area (Å²) in [6.45, 7) is 1.74. The predicted octanol–water partition coefficient (Wildman–Crippen LogP) is 1.10. The van der Waals surface area contributed by atoms with E-state index in [9.17, 15) is 18.3 Å². The number of esters is 1. The van der Waals surface area contributed by atoms with Crippen LogP contribution in [0.4, 0.5) is 0 Å². The third-order valence-corrected chi connectivity index (χ3v) is 7.01. The molecule has 22 heavy (non-hydrogen) atoms. The van der Waals surface area contributed by atoms with Crippen LogP contribution in [0, 0.1) is 6.92 Å². The lowest BCUT2D eigenvalue weighted by Gasteiger charge is -2.22. The monoisotopic (exact) mass is 439 g/mol. The molecule has 1 aromatic carbocycles. The van der Waals surface area contributed by atoms with Crippen LogP contribution in [-0.2, 0) is 19.6 Å². The molecule has 0 spiro atoms. The smallest absolute Gasteiger partial charge is 0.324 e. The fourth-order valence-electron chi connectivity index (χ4n) is 2.46. The summed E-state index contributed by atoms with van der Waals surface area (Å²) < 4.78 is 31.6. The molecular weight excluding hydrogens is 421 g/mol. The van der Waals surface area contributed by atoms with E-state index in [1.54, 1.807) is 12.1 Å². The Morgan fingerprint density at radius 1 is 1.45 bits per heavy atom. The number of carbonyl (C=O) groups is 1. The lowest BCUT2D eigenvalue weighted by molar-refractivity contribution is -0.144. The van der Waals surface area contributed by atoms with Crippen molar-refractivity contribution in [3.05, 3.63) is 29.8 Å². The quantitative estimate of drug-likeness (QED) is 0.432. The first-order valence-corrected chi connectivity index (χ1v) is 9.65. The average Bonchev–Trinajstić information content (AvgIpc) is 2.86. The van der Waals surface area contributed by atoms with Crippen LogP contribution in [0.5, 0.6) is 0 Å². The average molecular weight is 439 g/mol. The molecule has 2 atom stereocenters. The van der Waals surface area contributed by atoms with Crippen molar-refractivity contribution >= 4 is 38.6 Å². The van der Waals surface area contributed by atoms with E-state index in [0.717, 1.165) is 9.87 Å². The maximum atomic E-state index is 12.8. The minimum absolute atomic E-state index is 0.0354. The van der Waals surface area contributed by atoms with Crippen molar-refractivity contribution in [3.63, 3.8) is 0 Å². The molecule has 1 heterocycles. The fourth-order valence-corrected chi connectivity index (χ4v) is 4.67. The summed E-state index contributed by atoms with van der Waals surface area (Å²) in [5, 5.41) is 10.4. The van der Waals surface area contributed by atoms with Crippen molar-refractivity contribution in [2.24, 2.45) is 0 Å². The number of sulfonamides is 1. The summed E-state index contributed by atoms with van der Waals surface area (Å²) in [4.78, 5) is 12.0. The van der Waals surface area contributed by atoms with Gasteiger partial charge in [-0.2, -0.15) is 4.31 Å². The third kappa shape index (κ3) is 3.29. The van der Waals surface area contributed by atoms with Crippen LogP contribution >= 0.6 is 22.6 Å². The first kappa shape index (κ1) is 17.6. The van der Waals surface area contributed by atoms with Crippen LogP contribution in [0.1, 0.15) is 12.0 Å². The molecule has 1 saturated heterocycles. The van der Waals surface area contributed by atoms with Gasteiger partial charge in [-0.25, -0.2) is 8.42 Å². The molecule has 1 aromatic rings. The summed E-state index contributed by atoms with van der Waals surface area (Å²) in [6.07, 6.45) is 0.0354. The molecule has 0 aliphatic carbocycles. The first-order chi connectivity index (χ1) is 10.2. The zero-order valence-electron chi connectivity index (χ0n) is 12.3. The van der Waals surface area contributed by atoms with Gasteiger partial charge in [-0.1, -0.05) is 40.3 Å². The molecule has 0 radical (unpaired) electrons. The normalized spacial score (nSPS) is 26.1. The van der Waals surface area contributed by atoms with E-state index in [-0.39, 0.29) is 17.9 Å². The van der Waals surface area contributed by atoms with Crippen LogP contribution < -0.4 is 0 Å². The Balaban J connectivity index is 2.42. The molecule has 1 aliphatic heterocycles. The molecule has 0 aromatic heterocycles. The molecule has 0 unspecified atom stereocenters. The lowest BCUT2D eigenvalue weighted by Crippen LogP contribution is -2.41. The second-order valence-corrected chi connectivity index (χ2v) is 8.12. The van der Waals surface area contributed by atoms with Crippen molar-refractivity contribution in [2.45, 2.75) is 29.9 Å². The van der Waals surface area contributed by atoms with Crippen molar-refractivity contribution in [1.29, 1.82) is 0 Å². The number of carbonyl (C=O) groups excluding carboxylic acids is 1. The van der Waals surface area contributed by atoms with Crippen LogP contribution in [0.15, 0.2) is 29.2 Å². The van der Waals surface area contributed by atoms with E-state index in [1.165, 1.54) is 19.2 Å². The maximum Gasteiger partial charge on any atom is 0.324 e. The van der Waals surface area contributed by atoms with Gasteiger partial charge < -0.3 is 9.84 Å². The third-order valence-electron chi connectivity index (χ3n) is 3.72. The number of hydrogen-bond acceptors (Lipinski definition) is 5. The summed E-state index contributed by atoms with van der Waals surface area (Å²) in [5.74, 6) is -0.656. The molecule has 122 valence electrons. The standard InChI is InChI=1S/C14H18INO5S/c1-10-3-5-11(6-4-10)22(19,20)16-9-14(18,8-15)7-12(16)13(17)21-2/h3-6,12,18H,7-9H2,1-2H3/t12-,14+/m0/s1. The van der Waals surface area contributed by atoms with Gasteiger partial charge in [0.25, 0.3) is 0 Å². The number of alkyl halides is 1. The van der Waals surface area contributed by atoms with Crippen molar-refractivity contribution < 1.29 is 23.1 Å². The molecule has 1 N–H and O–H groups in total. The van der Waals surface area contributed by atoms with E-state index in [2.05, 4.69) is 0 Å². The second kappa shape index (κ2) is 6.42. The number of aryl methyl sites for hydroxylation is 1. The number of hydrogen-bond donors (Lipinski definition) is 1. The SMILES string of the molecule is COC(=O)[C@@H]1C[C@@](O)(CI)CN1S(=O)(=O)c1ccc(C)cc1. The number of halogens is 1. The first-order valence-electron chi connectivity index (χ1n) is 6.68. The van der Waals surface area contributed by atoms with Crippen LogP contribution in [-0.4, -0.2) is 53.5 Å². The Labute approximate surface area is 143 Å². The number of ether oxygens (including phenoxy) is 1. The topological polar surface area (TPSA) is 83.9 Å². The molecule has 0 bridgehead atoms. The van der Waals surface area contributed by atoms with Gasteiger partial charge in [-0.3, -0.25) is 4.79 Å². The predicted molar refractivity (Wildman–Crippen MR) is 89.3 cm³/mol. The van der Waals surface area contributed by atoms with Gasteiger partial charge in [-0.05, 0) is 19.1 Å². The van der Waals surface area contributed by atoms with Crippen molar-refractivity contribution in [3.8, 4) is 0 Å². The number of benzene rings is 1. The number of β-amino-alcohol motifs (C(OH)–C–C–N with tert-alkyl or cyclic N) is 1. The number of rotatable bonds is 4. The van der Waals surface area contributed by atoms with E-state index in [1.807, 2.05) is 29.5 Å². The highest BCUT2D eigenvalue weighted by atomic mass is 127. The highest BCUT2D eigenvalue weighted by Crippen LogP contribution is 2.34. The maximum absolute atomic E-state index is 12.8. The summed E-state index contributed by atoms with van der Waals surface area (Å²) >= 11 is 1.99. The summed E-state index contributed by atoms with van der Waals surface area (Å²) in [5.41, 5.74) is -0.286. The molecule has 8 heteroatoms. The largest absolute Gasteiger partial charge is 0.468 e. The van der Waals surface area contributed by atoms with Crippen LogP contribution in [0.2, 0.25) is 0 Å². The summed E-state index contributed by atoms with van der Waals surface area (Å²) in [6, 6.07) is 5.39. The van der Waals surface area contributed by atoms with Gasteiger partial charge in [0, 0.05) is 17.4 Å². The minimum atomic E-state index is -3.87. The molecule has 2 rings (SSSR count). The molecule has 1 fully saturated rings. The Hall–Kier alpha value is -0.710. The van der Waals surface area contributed by atoms with Gasteiger partial charge in [0.2, 0.25) is 10.0 Å². The fraction of sp³-hybridized carbons (Fsp3) is 0.500. The molecular formula is C14H18INO5S. The van der Waals surface area contributed by atoms with Gasteiger partial charge >= 0.3 is 5.97 Å². The summed E-state index contributed by atoms with van der Waals surface area (Å²) in [7, 11) is -2.66. The Morgan fingerprint density at radius 2 is 2.05 bits per heavy atom. The molecule has 1 aliphatic rings. The van der Waals surface area contributed by atoms with Gasteiger partial charge in [0.1, 0.15) is 6.04 Å². The Morgan fingerprint density at radius 3 is 2.55 bits per heavy atom. The zero-order chi connectivity index (χ0) is 16.5. The van der Waals surface area contributed by atoms with E-state index in [0.29, 0.717) is 4.43 Å². The van der Waals surface area contributed by atoms with E-state index >= 15 is 0 Å². The van der Waals surface area contributed by atoms with Gasteiger partial charge in [0.15, 0.2) is 0 Å². The number of aliphatic hydroxyl groups is 1. The molecule has 6 nitrogen and oxygen atoms in total. The Kier molecular flexibility index (Phi) is 5.15. The van der Waals surface area contributed by atoms with Crippen molar-refractivity contribution in [2.75, 3.05) is 18.1 Å². The Bertz CT molecular complexity index is 660.